The number of aliphatic hydroxyl groups excluding tert-OH is 1. The minimum atomic E-state index is -0.416. The Morgan fingerprint density at radius 2 is 2.24 bits per heavy atom. The second-order valence-electron chi connectivity index (χ2n) is 4.10. The molecule has 17 heavy (non-hydrogen) atoms. The van der Waals surface area contributed by atoms with E-state index in [4.69, 9.17) is 22.4 Å². The van der Waals surface area contributed by atoms with Crippen LogP contribution in [0.15, 0.2) is 18.2 Å². The highest BCUT2D eigenvalue weighted by atomic mass is 35.5. The number of halogens is 1. The first-order valence-corrected chi connectivity index (χ1v) is 5.78. The zero-order valence-corrected chi connectivity index (χ0v) is 10.7. The Morgan fingerprint density at radius 1 is 1.59 bits per heavy atom. The third kappa shape index (κ3) is 3.91. The number of nitrogens with two attached hydrogens (primary N) is 1. The molecule has 0 fully saturated rings. The van der Waals surface area contributed by atoms with E-state index in [9.17, 15) is 4.79 Å². The topological polar surface area (TPSA) is 66.6 Å². The summed E-state index contributed by atoms with van der Waals surface area (Å²) in [7, 11) is 1.69. The maximum Gasteiger partial charge on any atom is 0.253 e. The quantitative estimate of drug-likeness (QED) is 0.807. The average Bonchev–Trinajstić information content (AvgIpc) is 2.28. The average molecular weight is 257 g/mol. The molecule has 1 amide bonds. The fraction of sp³-hybridized carbons (Fsp3) is 0.417. The Kier molecular flexibility index (Phi) is 4.78. The largest absolute Gasteiger partial charge is 0.398 e. The molecule has 1 unspecified atom stereocenters. The molecule has 3 N–H and O–H groups in total. The molecule has 1 atom stereocenters. The molecule has 4 nitrogen and oxygen atoms in total. The number of carbonyl (C=O) groups excluding carboxylic acids is 1. The van der Waals surface area contributed by atoms with E-state index in [-0.39, 0.29) is 5.91 Å². The Morgan fingerprint density at radius 3 is 2.76 bits per heavy atom. The summed E-state index contributed by atoms with van der Waals surface area (Å²) in [4.78, 5) is 13.5. The van der Waals surface area contributed by atoms with Gasteiger partial charge < -0.3 is 15.7 Å². The second kappa shape index (κ2) is 5.89. The summed E-state index contributed by atoms with van der Waals surface area (Å²) in [5, 5.41) is 9.60. The fourth-order valence-electron chi connectivity index (χ4n) is 1.38. The van der Waals surface area contributed by atoms with Crippen molar-refractivity contribution >= 4 is 23.2 Å². The van der Waals surface area contributed by atoms with Crippen molar-refractivity contribution in [3.63, 3.8) is 0 Å². The number of rotatable bonds is 4. The lowest BCUT2D eigenvalue weighted by Crippen LogP contribution is -2.29. The van der Waals surface area contributed by atoms with E-state index < -0.39 is 6.10 Å². The predicted molar refractivity (Wildman–Crippen MR) is 69.1 cm³/mol. The van der Waals surface area contributed by atoms with Crippen molar-refractivity contribution in [3.05, 3.63) is 28.8 Å². The van der Waals surface area contributed by atoms with Crippen molar-refractivity contribution in [2.45, 2.75) is 19.4 Å². The van der Waals surface area contributed by atoms with Crippen LogP contribution in [0.5, 0.6) is 0 Å². The van der Waals surface area contributed by atoms with Crippen LogP contribution in [0.4, 0.5) is 5.69 Å². The number of anilines is 1. The third-order valence-corrected chi connectivity index (χ3v) is 2.82. The highest BCUT2D eigenvalue weighted by Crippen LogP contribution is 2.20. The number of amides is 1. The molecule has 0 heterocycles. The Bertz CT molecular complexity index is 407. The maximum absolute atomic E-state index is 12.0. The van der Waals surface area contributed by atoms with E-state index in [2.05, 4.69) is 0 Å². The number of hydrogen-bond acceptors (Lipinski definition) is 3. The third-order valence-electron chi connectivity index (χ3n) is 2.47. The van der Waals surface area contributed by atoms with E-state index in [1.165, 1.54) is 0 Å². The molecule has 0 spiro atoms. The van der Waals surface area contributed by atoms with Crippen LogP contribution in [0.1, 0.15) is 23.7 Å². The minimum Gasteiger partial charge on any atom is -0.398 e. The van der Waals surface area contributed by atoms with Crippen LogP contribution in [0, 0.1) is 0 Å². The van der Waals surface area contributed by atoms with Gasteiger partial charge in [0.15, 0.2) is 0 Å². The van der Waals surface area contributed by atoms with Gasteiger partial charge in [0.1, 0.15) is 0 Å². The number of benzene rings is 1. The van der Waals surface area contributed by atoms with Gasteiger partial charge in [0, 0.05) is 19.2 Å². The van der Waals surface area contributed by atoms with Gasteiger partial charge >= 0.3 is 0 Å². The van der Waals surface area contributed by atoms with Crippen LogP contribution in [0.25, 0.3) is 0 Å². The summed E-state index contributed by atoms with van der Waals surface area (Å²) in [6.45, 7) is 2.19. The van der Waals surface area contributed by atoms with Crippen LogP contribution < -0.4 is 5.73 Å². The molecule has 94 valence electrons. The van der Waals surface area contributed by atoms with Crippen molar-refractivity contribution in [2.24, 2.45) is 0 Å². The zero-order chi connectivity index (χ0) is 13.0. The number of carbonyl (C=O) groups is 1. The van der Waals surface area contributed by atoms with E-state index in [0.29, 0.717) is 29.2 Å². The number of nitrogen functional groups attached to an aromatic ring is 1. The molecule has 5 heteroatoms. The second-order valence-corrected chi connectivity index (χ2v) is 4.51. The number of nitrogens with zero attached hydrogens (tertiary/aromatic N) is 1. The molecule has 1 aromatic carbocycles. The summed E-state index contributed by atoms with van der Waals surface area (Å²) < 4.78 is 0. The van der Waals surface area contributed by atoms with E-state index in [0.717, 1.165) is 0 Å². The molecule has 0 radical (unpaired) electrons. The van der Waals surface area contributed by atoms with Gasteiger partial charge in [-0.25, -0.2) is 0 Å². The molecule has 0 aliphatic heterocycles. The van der Waals surface area contributed by atoms with Crippen LogP contribution >= 0.6 is 11.6 Å². The standard InChI is InChI=1S/C12H17ClN2O2/c1-8(16)5-6-15(2)12(17)9-3-4-10(13)11(14)7-9/h3-4,7-8,16H,5-6,14H2,1-2H3. The Labute approximate surface area is 106 Å². The maximum atomic E-state index is 12.0. The molecule has 1 rings (SSSR count). The van der Waals surface area contributed by atoms with Crippen molar-refractivity contribution in [1.29, 1.82) is 0 Å². The van der Waals surface area contributed by atoms with E-state index >= 15 is 0 Å². The summed E-state index contributed by atoms with van der Waals surface area (Å²) in [6, 6.07) is 4.80. The van der Waals surface area contributed by atoms with Crippen molar-refractivity contribution in [3.8, 4) is 0 Å². The summed E-state index contributed by atoms with van der Waals surface area (Å²) >= 11 is 5.78. The van der Waals surface area contributed by atoms with Gasteiger partial charge in [-0.15, -0.1) is 0 Å². The SMILES string of the molecule is CC(O)CCN(C)C(=O)c1ccc(Cl)c(N)c1. The van der Waals surface area contributed by atoms with Gasteiger partial charge in [0.05, 0.1) is 16.8 Å². The predicted octanol–water partition coefficient (Wildman–Crippen LogP) is 1.77. The first-order valence-electron chi connectivity index (χ1n) is 5.40. The molecular weight excluding hydrogens is 240 g/mol. The molecule has 0 aromatic heterocycles. The fourth-order valence-corrected chi connectivity index (χ4v) is 1.50. The lowest BCUT2D eigenvalue weighted by Gasteiger charge is -2.18. The Balaban J connectivity index is 2.71. The van der Waals surface area contributed by atoms with Crippen molar-refractivity contribution in [1.82, 2.24) is 4.90 Å². The van der Waals surface area contributed by atoms with E-state index in [1.54, 1.807) is 37.1 Å². The van der Waals surface area contributed by atoms with Gasteiger partial charge in [-0.3, -0.25) is 4.79 Å². The molecule has 0 aliphatic rings. The van der Waals surface area contributed by atoms with Crippen LogP contribution in [-0.4, -0.2) is 35.6 Å². The molecule has 1 aromatic rings. The highest BCUT2D eigenvalue weighted by molar-refractivity contribution is 6.33. The molecule has 0 aliphatic carbocycles. The molecule has 0 bridgehead atoms. The van der Waals surface area contributed by atoms with Gasteiger partial charge in [0.25, 0.3) is 5.91 Å². The molecular formula is C12H17ClN2O2. The van der Waals surface area contributed by atoms with Gasteiger partial charge in [-0.2, -0.15) is 0 Å². The van der Waals surface area contributed by atoms with Crippen LogP contribution in [0.2, 0.25) is 5.02 Å². The molecule has 0 saturated carbocycles. The summed E-state index contributed by atoms with van der Waals surface area (Å²) in [5.74, 6) is -0.131. The van der Waals surface area contributed by atoms with Crippen LogP contribution in [-0.2, 0) is 0 Å². The first-order chi connectivity index (χ1) is 7.91. The van der Waals surface area contributed by atoms with Crippen LogP contribution in [0.3, 0.4) is 0 Å². The zero-order valence-electron chi connectivity index (χ0n) is 9.98. The Hall–Kier alpha value is -1.26. The highest BCUT2D eigenvalue weighted by Gasteiger charge is 2.13. The van der Waals surface area contributed by atoms with E-state index in [1.807, 2.05) is 0 Å². The summed E-state index contributed by atoms with van der Waals surface area (Å²) in [6.07, 6.45) is 0.131. The van der Waals surface area contributed by atoms with Gasteiger partial charge in [0.2, 0.25) is 0 Å². The summed E-state index contributed by atoms with van der Waals surface area (Å²) in [5.41, 5.74) is 6.53. The first kappa shape index (κ1) is 13.8. The number of aliphatic hydroxyl groups is 1. The minimum absolute atomic E-state index is 0.131. The smallest absolute Gasteiger partial charge is 0.253 e. The lowest BCUT2D eigenvalue weighted by molar-refractivity contribution is 0.0769. The monoisotopic (exact) mass is 256 g/mol. The van der Waals surface area contributed by atoms with Gasteiger partial charge in [-0.1, -0.05) is 11.6 Å². The normalized spacial score (nSPS) is 12.2. The van der Waals surface area contributed by atoms with Crippen molar-refractivity contribution < 1.29 is 9.90 Å². The lowest BCUT2D eigenvalue weighted by atomic mass is 10.1. The number of hydrogen-bond donors (Lipinski definition) is 2. The van der Waals surface area contributed by atoms with Crippen molar-refractivity contribution in [2.75, 3.05) is 19.3 Å². The van der Waals surface area contributed by atoms with Gasteiger partial charge in [-0.05, 0) is 31.5 Å². The molecule has 0 saturated heterocycles.